The van der Waals surface area contributed by atoms with Gasteiger partial charge >= 0.3 is 0 Å². The smallest absolute Gasteiger partial charge is 0.259 e. The molecule has 0 radical (unpaired) electrons. The Morgan fingerprint density at radius 2 is 1.71 bits per heavy atom. The van der Waals surface area contributed by atoms with Crippen LogP contribution in [0.2, 0.25) is 0 Å². The first-order valence-corrected chi connectivity index (χ1v) is 11.6. The Balaban J connectivity index is 1.72. The van der Waals surface area contributed by atoms with Crippen LogP contribution in [0.1, 0.15) is 28.4 Å². The summed E-state index contributed by atoms with van der Waals surface area (Å²) < 4.78 is 21.2. The minimum absolute atomic E-state index is 0.00160. The third-order valence-corrected chi connectivity index (χ3v) is 6.58. The molecule has 0 spiro atoms. The van der Waals surface area contributed by atoms with E-state index in [0.717, 1.165) is 11.1 Å². The van der Waals surface area contributed by atoms with E-state index < -0.39 is 6.04 Å². The van der Waals surface area contributed by atoms with Gasteiger partial charge in [0.15, 0.2) is 0 Å². The van der Waals surface area contributed by atoms with Gasteiger partial charge in [0.1, 0.15) is 11.6 Å². The van der Waals surface area contributed by atoms with E-state index in [-0.39, 0.29) is 17.1 Å². The maximum Gasteiger partial charge on any atom is 0.259 e. The number of nitrogens with zero attached hydrogens (tertiary/aromatic N) is 3. The van der Waals surface area contributed by atoms with Crippen LogP contribution in [-0.4, -0.2) is 54.5 Å². The molecule has 34 heavy (non-hydrogen) atoms. The van der Waals surface area contributed by atoms with Crippen LogP contribution in [0.3, 0.4) is 0 Å². The molecule has 0 saturated carbocycles. The number of benzene rings is 2. The van der Waals surface area contributed by atoms with Gasteiger partial charge in [0.2, 0.25) is 0 Å². The minimum Gasteiger partial charge on any atom is -0.507 e. The average molecular weight is 466 g/mol. The summed E-state index contributed by atoms with van der Waals surface area (Å²) in [5.41, 5.74) is 3.50. The second-order valence-electron chi connectivity index (χ2n) is 8.82. The van der Waals surface area contributed by atoms with Crippen molar-refractivity contribution in [2.45, 2.75) is 26.4 Å². The Hall–Kier alpha value is -3.16. The highest BCUT2D eigenvalue weighted by molar-refractivity contribution is 5.48. The monoisotopic (exact) mass is 465 g/mol. The van der Waals surface area contributed by atoms with Crippen LogP contribution < -0.4 is 10.5 Å². The maximum atomic E-state index is 14.3. The van der Waals surface area contributed by atoms with Gasteiger partial charge in [-0.2, -0.15) is 0 Å². The lowest BCUT2D eigenvalue weighted by Crippen LogP contribution is -2.49. The van der Waals surface area contributed by atoms with Gasteiger partial charge < -0.3 is 19.3 Å². The van der Waals surface area contributed by atoms with Gasteiger partial charge in [-0.15, -0.1) is 0 Å². The number of ether oxygens (including phenoxy) is 1. The molecule has 4 rings (SSSR count). The third-order valence-electron chi connectivity index (χ3n) is 6.58. The topological polar surface area (TPSA) is 57.9 Å². The number of hydrogen-bond acceptors (Lipinski definition) is 5. The lowest BCUT2D eigenvalue weighted by Gasteiger charge is -2.40. The van der Waals surface area contributed by atoms with E-state index in [0.29, 0.717) is 56.3 Å². The van der Waals surface area contributed by atoms with Crippen LogP contribution in [-0.2, 0) is 11.3 Å². The summed E-state index contributed by atoms with van der Waals surface area (Å²) in [4.78, 5) is 17.9. The van der Waals surface area contributed by atoms with Crippen molar-refractivity contribution in [1.82, 2.24) is 9.47 Å². The molecule has 2 aromatic carbocycles. The zero-order valence-corrected chi connectivity index (χ0v) is 20.0. The quantitative estimate of drug-likeness (QED) is 0.574. The van der Waals surface area contributed by atoms with Gasteiger partial charge in [0.05, 0.1) is 23.9 Å². The molecule has 1 aliphatic heterocycles. The Labute approximate surface area is 199 Å². The number of rotatable bonds is 7. The van der Waals surface area contributed by atoms with Crippen LogP contribution in [0.5, 0.6) is 5.75 Å². The molecule has 0 bridgehead atoms. The standard InChI is InChI=1S/C27H32FN3O3/c1-19-8-10-21(11-9-19)26(25-24(32)18-20(2)31(27(25)33)16-17-34-3)30-14-12-29(13-15-30)23-7-5-4-6-22(23)28/h4-11,18,26,32H,12-17H2,1-3H3. The van der Waals surface area contributed by atoms with Crippen LogP contribution in [0.25, 0.3) is 0 Å². The van der Waals surface area contributed by atoms with Crippen molar-refractivity contribution in [2.24, 2.45) is 0 Å². The number of para-hydroxylation sites is 1. The summed E-state index contributed by atoms with van der Waals surface area (Å²) in [6, 6.07) is 16.1. The molecule has 1 aliphatic rings. The molecular weight excluding hydrogens is 433 g/mol. The Bertz CT molecular complexity index is 1180. The van der Waals surface area contributed by atoms with Crippen molar-refractivity contribution in [3.8, 4) is 5.75 Å². The van der Waals surface area contributed by atoms with Gasteiger partial charge in [-0.05, 0) is 37.6 Å². The molecule has 0 aliphatic carbocycles. The fourth-order valence-corrected chi connectivity index (χ4v) is 4.72. The number of methoxy groups -OCH3 is 1. The molecule has 1 aromatic heterocycles. The SMILES string of the molecule is COCCn1c(C)cc(O)c(C(c2ccc(C)cc2)N2CCN(c3ccccc3F)CC2)c1=O. The number of pyridine rings is 1. The van der Waals surface area contributed by atoms with Crippen molar-refractivity contribution in [3.05, 3.63) is 93.2 Å². The summed E-state index contributed by atoms with van der Waals surface area (Å²) in [6.07, 6.45) is 0. The van der Waals surface area contributed by atoms with Crippen LogP contribution in [0.4, 0.5) is 10.1 Å². The molecule has 7 heteroatoms. The Morgan fingerprint density at radius 1 is 1.03 bits per heavy atom. The van der Waals surface area contributed by atoms with E-state index >= 15 is 0 Å². The first-order valence-electron chi connectivity index (χ1n) is 11.6. The van der Waals surface area contributed by atoms with Crippen molar-refractivity contribution < 1.29 is 14.2 Å². The molecule has 2 heterocycles. The first-order chi connectivity index (χ1) is 16.4. The lowest BCUT2D eigenvalue weighted by atomic mass is 9.95. The molecule has 3 aromatic rings. The highest BCUT2D eigenvalue weighted by atomic mass is 19.1. The van der Waals surface area contributed by atoms with Crippen LogP contribution in [0.15, 0.2) is 59.4 Å². The van der Waals surface area contributed by atoms with Crippen LogP contribution >= 0.6 is 0 Å². The number of hydrogen-bond donors (Lipinski definition) is 1. The molecule has 1 fully saturated rings. The average Bonchev–Trinajstić information content (AvgIpc) is 2.83. The number of anilines is 1. The normalized spacial score (nSPS) is 15.5. The lowest BCUT2D eigenvalue weighted by molar-refractivity contribution is 0.183. The van der Waals surface area contributed by atoms with Crippen molar-refractivity contribution in [2.75, 3.05) is 44.8 Å². The number of piperazine rings is 1. The zero-order chi connectivity index (χ0) is 24.2. The fraction of sp³-hybridized carbons (Fsp3) is 0.370. The van der Waals surface area contributed by atoms with Crippen molar-refractivity contribution in [3.63, 3.8) is 0 Å². The van der Waals surface area contributed by atoms with Crippen LogP contribution in [0, 0.1) is 19.7 Å². The Kier molecular flexibility index (Phi) is 7.34. The van der Waals surface area contributed by atoms with Gasteiger partial charge in [-0.1, -0.05) is 42.0 Å². The predicted molar refractivity (Wildman–Crippen MR) is 132 cm³/mol. The summed E-state index contributed by atoms with van der Waals surface area (Å²) >= 11 is 0. The van der Waals surface area contributed by atoms with E-state index in [1.54, 1.807) is 29.9 Å². The second-order valence-corrected chi connectivity index (χ2v) is 8.82. The number of aromatic nitrogens is 1. The van der Waals surface area contributed by atoms with Crippen molar-refractivity contribution >= 4 is 5.69 Å². The minimum atomic E-state index is -0.412. The van der Waals surface area contributed by atoms with Gasteiger partial charge in [-0.3, -0.25) is 9.69 Å². The molecule has 6 nitrogen and oxygen atoms in total. The van der Waals surface area contributed by atoms with Gasteiger partial charge in [0.25, 0.3) is 5.56 Å². The highest BCUT2D eigenvalue weighted by Gasteiger charge is 2.32. The van der Waals surface area contributed by atoms with E-state index in [2.05, 4.69) is 4.90 Å². The molecule has 180 valence electrons. The van der Waals surface area contributed by atoms with Gasteiger partial charge in [-0.25, -0.2) is 4.39 Å². The summed E-state index contributed by atoms with van der Waals surface area (Å²) in [5, 5.41) is 11.0. The number of aromatic hydroxyl groups is 1. The van der Waals surface area contributed by atoms with E-state index in [9.17, 15) is 14.3 Å². The third kappa shape index (κ3) is 4.86. The van der Waals surface area contributed by atoms with E-state index in [1.165, 1.54) is 6.07 Å². The molecular formula is C27H32FN3O3. The molecule has 1 unspecified atom stereocenters. The highest BCUT2D eigenvalue weighted by Crippen LogP contribution is 2.34. The number of aryl methyl sites for hydroxylation is 2. The largest absolute Gasteiger partial charge is 0.507 e. The Morgan fingerprint density at radius 3 is 2.35 bits per heavy atom. The molecule has 1 saturated heterocycles. The van der Waals surface area contributed by atoms with E-state index in [1.807, 2.05) is 49.1 Å². The van der Waals surface area contributed by atoms with Crippen molar-refractivity contribution in [1.29, 1.82) is 0 Å². The predicted octanol–water partition coefficient (Wildman–Crippen LogP) is 3.87. The summed E-state index contributed by atoms with van der Waals surface area (Å²) in [6.45, 7) is 7.14. The molecule has 0 amide bonds. The zero-order valence-electron chi connectivity index (χ0n) is 20.0. The molecule has 1 atom stereocenters. The molecule has 1 N–H and O–H groups in total. The van der Waals surface area contributed by atoms with Gasteiger partial charge in [0, 0.05) is 45.5 Å². The summed E-state index contributed by atoms with van der Waals surface area (Å²) in [5.74, 6) is -0.235. The summed E-state index contributed by atoms with van der Waals surface area (Å²) in [7, 11) is 1.60. The van der Waals surface area contributed by atoms with E-state index in [4.69, 9.17) is 4.74 Å². The first kappa shape index (κ1) is 24.0. The fourth-order valence-electron chi connectivity index (χ4n) is 4.72. The number of halogens is 1. The second kappa shape index (κ2) is 10.4. The maximum absolute atomic E-state index is 14.3.